The van der Waals surface area contributed by atoms with Crippen LogP contribution in [0.4, 0.5) is 0 Å². The van der Waals surface area contributed by atoms with Gasteiger partial charge in [-0.25, -0.2) is 0 Å². The lowest BCUT2D eigenvalue weighted by Gasteiger charge is -2.21. The maximum atomic E-state index is 10.7. The van der Waals surface area contributed by atoms with Crippen molar-refractivity contribution in [2.75, 3.05) is 0 Å². The van der Waals surface area contributed by atoms with Gasteiger partial charge in [0.2, 0.25) is 0 Å². The standard InChI is InChI=1S/C15H20O/c1-15(2,3)13-7-6-11-4-5-12(8-9-16)14(11)10-13/h6-7,9-10,12H,4-5,8H2,1-3H3/t12-/m1/s1. The average Bonchev–Trinajstić information content (AvgIpc) is 2.60. The van der Waals surface area contributed by atoms with Crippen LogP contribution >= 0.6 is 0 Å². The Morgan fingerprint density at radius 2 is 2.12 bits per heavy atom. The molecule has 0 bridgehead atoms. The summed E-state index contributed by atoms with van der Waals surface area (Å²) in [4.78, 5) is 10.7. The molecule has 1 aromatic rings. The number of rotatable bonds is 2. The van der Waals surface area contributed by atoms with Crippen LogP contribution in [0.5, 0.6) is 0 Å². The summed E-state index contributed by atoms with van der Waals surface area (Å²) in [7, 11) is 0. The molecule has 0 saturated carbocycles. The molecular weight excluding hydrogens is 196 g/mol. The van der Waals surface area contributed by atoms with Gasteiger partial charge in [-0.05, 0) is 40.9 Å². The van der Waals surface area contributed by atoms with Crippen molar-refractivity contribution in [2.24, 2.45) is 0 Å². The van der Waals surface area contributed by atoms with E-state index in [0.717, 1.165) is 19.1 Å². The normalized spacial score (nSPS) is 19.6. The number of benzene rings is 1. The molecule has 0 radical (unpaired) electrons. The van der Waals surface area contributed by atoms with Crippen LogP contribution in [0.15, 0.2) is 18.2 Å². The molecule has 1 nitrogen and oxygen atoms in total. The van der Waals surface area contributed by atoms with Gasteiger partial charge in [0, 0.05) is 6.42 Å². The fraction of sp³-hybridized carbons (Fsp3) is 0.533. The highest BCUT2D eigenvalue weighted by Gasteiger charge is 2.24. The first-order valence-electron chi connectivity index (χ1n) is 6.09. The molecule has 0 fully saturated rings. The second kappa shape index (κ2) is 4.04. The molecule has 0 N–H and O–H groups in total. The number of carbonyl (C=O) groups is 1. The van der Waals surface area contributed by atoms with Crippen LogP contribution in [-0.2, 0) is 16.6 Å². The minimum Gasteiger partial charge on any atom is -0.303 e. The van der Waals surface area contributed by atoms with Crippen molar-refractivity contribution in [1.82, 2.24) is 0 Å². The van der Waals surface area contributed by atoms with Gasteiger partial charge in [-0.2, -0.15) is 0 Å². The van der Waals surface area contributed by atoms with E-state index < -0.39 is 0 Å². The zero-order chi connectivity index (χ0) is 11.8. The minimum atomic E-state index is 0.198. The van der Waals surface area contributed by atoms with Crippen molar-refractivity contribution in [2.45, 2.75) is 51.4 Å². The van der Waals surface area contributed by atoms with E-state index in [-0.39, 0.29) is 5.41 Å². The fourth-order valence-corrected chi connectivity index (χ4v) is 2.52. The number of carbonyl (C=O) groups excluding carboxylic acids is 1. The number of hydrogen-bond acceptors (Lipinski definition) is 1. The molecule has 0 saturated heterocycles. The first-order chi connectivity index (χ1) is 7.52. The number of aryl methyl sites for hydroxylation is 1. The van der Waals surface area contributed by atoms with Gasteiger partial charge in [0.05, 0.1) is 0 Å². The highest BCUT2D eigenvalue weighted by atomic mass is 16.1. The quantitative estimate of drug-likeness (QED) is 0.690. The van der Waals surface area contributed by atoms with E-state index in [1.54, 1.807) is 0 Å². The zero-order valence-corrected chi connectivity index (χ0v) is 10.4. The summed E-state index contributed by atoms with van der Waals surface area (Å²) in [6, 6.07) is 6.80. The van der Waals surface area contributed by atoms with Gasteiger partial charge in [0.15, 0.2) is 0 Å². The molecule has 1 aliphatic rings. The summed E-state index contributed by atoms with van der Waals surface area (Å²) in [5.41, 5.74) is 4.44. The summed E-state index contributed by atoms with van der Waals surface area (Å²) in [6.45, 7) is 6.70. The maximum absolute atomic E-state index is 10.7. The van der Waals surface area contributed by atoms with Gasteiger partial charge in [-0.15, -0.1) is 0 Å². The molecule has 1 atom stereocenters. The summed E-state index contributed by atoms with van der Waals surface area (Å²) in [6.07, 6.45) is 4.02. The molecule has 86 valence electrons. The Hall–Kier alpha value is -1.11. The van der Waals surface area contributed by atoms with Gasteiger partial charge in [0.1, 0.15) is 6.29 Å². The molecule has 16 heavy (non-hydrogen) atoms. The lowest BCUT2D eigenvalue weighted by atomic mass is 9.84. The van der Waals surface area contributed by atoms with E-state index in [9.17, 15) is 4.79 Å². The lowest BCUT2D eigenvalue weighted by Crippen LogP contribution is -2.11. The second-order valence-corrected chi connectivity index (χ2v) is 5.80. The monoisotopic (exact) mass is 216 g/mol. The largest absolute Gasteiger partial charge is 0.303 e. The topological polar surface area (TPSA) is 17.1 Å². The maximum Gasteiger partial charge on any atom is 0.120 e. The number of aldehydes is 1. The minimum absolute atomic E-state index is 0.198. The summed E-state index contributed by atoms with van der Waals surface area (Å²) in [5, 5.41) is 0. The van der Waals surface area contributed by atoms with E-state index in [4.69, 9.17) is 0 Å². The second-order valence-electron chi connectivity index (χ2n) is 5.80. The first kappa shape index (κ1) is 11.4. The van der Waals surface area contributed by atoms with Crippen molar-refractivity contribution in [3.05, 3.63) is 34.9 Å². The molecule has 2 rings (SSSR count). The van der Waals surface area contributed by atoms with Crippen LogP contribution in [-0.4, -0.2) is 6.29 Å². The van der Waals surface area contributed by atoms with Gasteiger partial charge in [0.25, 0.3) is 0 Å². The summed E-state index contributed by atoms with van der Waals surface area (Å²) >= 11 is 0. The molecule has 0 amide bonds. The molecule has 1 heteroatoms. The average molecular weight is 216 g/mol. The highest BCUT2D eigenvalue weighted by Crippen LogP contribution is 2.37. The Labute approximate surface area is 97.9 Å². The third kappa shape index (κ3) is 2.04. The number of fused-ring (bicyclic) bond motifs is 1. The van der Waals surface area contributed by atoms with Crippen molar-refractivity contribution in [3.63, 3.8) is 0 Å². The Bertz CT molecular complexity index is 398. The molecular formula is C15H20O. The highest BCUT2D eigenvalue weighted by molar-refractivity contribution is 5.53. The van der Waals surface area contributed by atoms with Crippen LogP contribution in [0, 0.1) is 0 Å². The van der Waals surface area contributed by atoms with Crippen molar-refractivity contribution >= 4 is 6.29 Å². The summed E-state index contributed by atoms with van der Waals surface area (Å²) < 4.78 is 0. The third-order valence-corrected chi connectivity index (χ3v) is 3.59. The molecule has 1 aliphatic carbocycles. The van der Waals surface area contributed by atoms with Crippen molar-refractivity contribution in [3.8, 4) is 0 Å². The van der Waals surface area contributed by atoms with E-state index in [0.29, 0.717) is 12.3 Å². The van der Waals surface area contributed by atoms with Gasteiger partial charge < -0.3 is 4.79 Å². The molecule has 1 aromatic carbocycles. The van der Waals surface area contributed by atoms with Crippen LogP contribution < -0.4 is 0 Å². The van der Waals surface area contributed by atoms with E-state index in [2.05, 4.69) is 39.0 Å². The van der Waals surface area contributed by atoms with Crippen LogP contribution in [0.2, 0.25) is 0 Å². The van der Waals surface area contributed by atoms with Crippen LogP contribution in [0.1, 0.15) is 56.2 Å². The molecule has 0 unspecified atom stereocenters. The predicted molar refractivity (Wildman–Crippen MR) is 66.9 cm³/mol. The predicted octanol–water partition coefficient (Wildman–Crippen LogP) is 3.60. The molecule has 0 aliphatic heterocycles. The Balaban J connectivity index is 2.37. The van der Waals surface area contributed by atoms with Crippen LogP contribution in [0.3, 0.4) is 0 Å². The fourth-order valence-electron chi connectivity index (χ4n) is 2.52. The Kier molecular flexibility index (Phi) is 2.88. The SMILES string of the molecule is CC(C)(C)c1ccc2c(c1)[C@@H](CC=O)CC2. The Morgan fingerprint density at radius 3 is 2.75 bits per heavy atom. The van der Waals surface area contributed by atoms with E-state index >= 15 is 0 Å². The first-order valence-corrected chi connectivity index (χ1v) is 6.09. The lowest BCUT2D eigenvalue weighted by molar-refractivity contribution is -0.108. The zero-order valence-electron chi connectivity index (χ0n) is 10.4. The molecule has 0 aromatic heterocycles. The smallest absolute Gasteiger partial charge is 0.120 e. The molecule has 0 heterocycles. The van der Waals surface area contributed by atoms with Crippen molar-refractivity contribution < 1.29 is 4.79 Å². The Morgan fingerprint density at radius 1 is 1.38 bits per heavy atom. The third-order valence-electron chi connectivity index (χ3n) is 3.59. The molecule has 0 spiro atoms. The van der Waals surface area contributed by atoms with Crippen LogP contribution in [0.25, 0.3) is 0 Å². The van der Waals surface area contributed by atoms with Crippen molar-refractivity contribution in [1.29, 1.82) is 0 Å². The van der Waals surface area contributed by atoms with Gasteiger partial charge in [-0.1, -0.05) is 39.0 Å². The summed E-state index contributed by atoms with van der Waals surface area (Å²) in [5.74, 6) is 0.467. The van der Waals surface area contributed by atoms with E-state index in [1.807, 2.05) is 0 Å². The van der Waals surface area contributed by atoms with Gasteiger partial charge in [-0.3, -0.25) is 0 Å². The van der Waals surface area contributed by atoms with E-state index in [1.165, 1.54) is 16.7 Å². The van der Waals surface area contributed by atoms with Gasteiger partial charge >= 0.3 is 0 Å². The number of hydrogen-bond donors (Lipinski definition) is 0.